The maximum Gasteiger partial charge on any atom is 0.322 e. The number of benzene rings is 2. The van der Waals surface area contributed by atoms with Gasteiger partial charge < -0.3 is 14.6 Å². The Kier molecular flexibility index (Phi) is 4.88. The van der Waals surface area contributed by atoms with E-state index in [9.17, 15) is 14.9 Å². The summed E-state index contributed by atoms with van der Waals surface area (Å²) in [4.78, 5) is 24.0. The number of nitrogens with zero attached hydrogens (tertiary/aromatic N) is 4. The lowest BCUT2D eigenvalue weighted by molar-refractivity contribution is -0.383. The maximum absolute atomic E-state index is 12.3. The Labute approximate surface area is 148 Å². The van der Waals surface area contributed by atoms with Crippen LogP contribution < -0.4 is 5.32 Å². The van der Waals surface area contributed by atoms with E-state index in [0.29, 0.717) is 5.89 Å². The quantitative estimate of drug-likeness (QED) is 0.556. The van der Waals surface area contributed by atoms with E-state index in [2.05, 4.69) is 15.5 Å². The van der Waals surface area contributed by atoms with Gasteiger partial charge in [0.1, 0.15) is 12.2 Å². The van der Waals surface area contributed by atoms with Gasteiger partial charge in [0.2, 0.25) is 11.8 Å². The van der Waals surface area contributed by atoms with Gasteiger partial charge in [-0.3, -0.25) is 10.1 Å². The van der Waals surface area contributed by atoms with Gasteiger partial charge in [-0.05, 0) is 18.2 Å². The summed E-state index contributed by atoms with van der Waals surface area (Å²) < 4.78 is 5.55. The number of nitro benzene ring substituents is 1. The third-order valence-electron chi connectivity index (χ3n) is 3.55. The van der Waals surface area contributed by atoms with E-state index < -0.39 is 11.0 Å². The van der Waals surface area contributed by atoms with Crippen molar-refractivity contribution in [3.63, 3.8) is 0 Å². The Morgan fingerprint density at radius 1 is 1.15 bits per heavy atom. The lowest BCUT2D eigenvalue weighted by atomic mass is 10.2. The highest BCUT2D eigenvalue weighted by Crippen LogP contribution is 2.23. The summed E-state index contributed by atoms with van der Waals surface area (Å²) >= 11 is 0. The highest BCUT2D eigenvalue weighted by molar-refractivity contribution is 5.91. The lowest BCUT2D eigenvalue weighted by Gasteiger charge is -2.15. The molecule has 0 aliphatic rings. The first-order valence-corrected chi connectivity index (χ1v) is 7.68. The average molecular weight is 353 g/mol. The first-order chi connectivity index (χ1) is 12.5. The van der Waals surface area contributed by atoms with Crippen LogP contribution in [-0.2, 0) is 6.54 Å². The summed E-state index contributed by atoms with van der Waals surface area (Å²) in [6.07, 6.45) is 0. The van der Waals surface area contributed by atoms with Crippen LogP contribution in [0.25, 0.3) is 11.5 Å². The summed E-state index contributed by atoms with van der Waals surface area (Å²) in [6.45, 7) is 0.0618. The molecule has 0 atom stereocenters. The zero-order valence-corrected chi connectivity index (χ0v) is 13.8. The second kappa shape index (κ2) is 7.43. The van der Waals surface area contributed by atoms with Gasteiger partial charge in [0.25, 0.3) is 5.69 Å². The smallest absolute Gasteiger partial charge is 0.322 e. The summed E-state index contributed by atoms with van der Waals surface area (Å²) in [5.41, 5.74) is 0.710. The number of anilines is 1. The van der Waals surface area contributed by atoms with E-state index >= 15 is 0 Å². The van der Waals surface area contributed by atoms with Crippen molar-refractivity contribution in [1.29, 1.82) is 0 Å². The van der Waals surface area contributed by atoms with Crippen LogP contribution in [0.1, 0.15) is 5.89 Å². The van der Waals surface area contributed by atoms with Gasteiger partial charge in [0.15, 0.2) is 0 Å². The Balaban J connectivity index is 1.67. The fourth-order valence-electron chi connectivity index (χ4n) is 2.24. The zero-order chi connectivity index (χ0) is 18.5. The number of urea groups is 1. The topological polar surface area (TPSA) is 114 Å². The minimum absolute atomic E-state index is 0.0618. The Hall–Kier alpha value is -3.75. The van der Waals surface area contributed by atoms with Crippen molar-refractivity contribution in [2.45, 2.75) is 6.54 Å². The Morgan fingerprint density at radius 3 is 2.58 bits per heavy atom. The summed E-state index contributed by atoms with van der Waals surface area (Å²) in [6, 6.07) is 14.6. The molecular weight excluding hydrogens is 338 g/mol. The third kappa shape index (κ3) is 3.83. The van der Waals surface area contributed by atoms with Crippen molar-refractivity contribution in [2.24, 2.45) is 0 Å². The fourth-order valence-corrected chi connectivity index (χ4v) is 2.24. The lowest BCUT2D eigenvalue weighted by Crippen LogP contribution is -2.31. The highest BCUT2D eigenvalue weighted by Gasteiger charge is 2.18. The molecular formula is C17H15N5O4. The molecule has 9 nitrogen and oxygen atoms in total. The number of amides is 2. The van der Waals surface area contributed by atoms with Crippen LogP contribution in [0.2, 0.25) is 0 Å². The molecule has 0 fully saturated rings. The normalized spacial score (nSPS) is 10.3. The number of rotatable bonds is 5. The molecule has 3 rings (SSSR count). The van der Waals surface area contributed by atoms with Crippen molar-refractivity contribution < 1.29 is 14.1 Å². The van der Waals surface area contributed by atoms with Gasteiger partial charge in [-0.1, -0.05) is 30.3 Å². The van der Waals surface area contributed by atoms with Gasteiger partial charge in [-0.2, -0.15) is 0 Å². The maximum atomic E-state index is 12.3. The van der Waals surface area contributed by atoms with E-state index in [1.807, 2.05) is 30.3 Å². The molecule has 0 radical (unpaired) electrons. The summed E-state index contributed by atoms with van der Waals surface area (Å²) in [7, 11) is 1.52. The van der Waals surface area contributed by atoms with Crippen LogP contribution in [0, 0.1) is 10.1 Å². The van der Waals surface area contributed by atoms with Crippen molar-refractivity contribution >= 4 is 17.4 Å². The standard InChI is InChI=1S/C17H15N5O4/c1-21(17(23)18-13-9-5-6-10-14(13)22(24)25)11-15-19-20-16(26-15)12-7-3-2-4-8-12/h2-10H,11H2,1H3,(H,18,23). The van der Waals surface area contributed by atoms with E-state index in [-0.39, 0.29) is 23.8 Å². The number of para-hydroxylation sites is 2. The molecule has 0 spiro atoms. The van der Waals surface area contributed by atoms with Gasteiger partial charge >= 0.3 is 6.03 Å². The number of aromatic nitrogens is 2. The molecule has 1 N–H and O–H groups in total. The molecule has 0 saturated heterocycles. The molecule has 26 heavy (non-hydrogen) atoms. The second-order valence-corrected chi connectivity index (χ2v) is 5.43. The Bertz CT molecular complexity index is 926. The van der Waals surface area contributed by atoms with Crippen molar-refractivity contribution in [3.8, 4) is 11.5 Å². The number of hydrogen-bond donors (Lipinski definition) is 1. The molecule has 3 aromatic rings. The highest BCUT2D eigenvalue weighted by atomic mass is 16.6. The zero-order valence-electron chi connectivity index (χ0n) is 13.8. The van der Waals surface area contributed by atoms with E-state index in [0.717, 1.165) is 5.56 Å². The van der Waals surface area contributed by atoms with E-state index in [1.165, 1.54) is 30.1 Å². The molecule has 0 saturated carbocycles. The summed E-state index contributed by atoms with van der Waals surface area (Å²) in [5.74, 6) is 0.608. The van der Waals surface area contributed by atoms with Crippen LogP contribution in [-0.4, -0.2) is 33.1 Å². The van der Waals surface area contributed by atoms with Crippen LogP contribution in [0.5, 0.6) is 0 Å². The van der Waals surface area contributed by atoms with Gasteiger partial charge in [0.05, 0.1) is 4.92 Å². The molecule has 1 heterocycles. The van der Waals surface area contributed by atoms with Crippen LogP contribution in [0.15, 0.2) is 59.0 Å². The molecule has 0 unspecified atom stereocenters. The second-order valence-electron chi connectivity index (χ2n) is 5.43. The number of carbonyl (C=O) groups is 1. The van der Waals surface area contributed by atoms with Crippen LogP contribution in [0.3, 0.4) is 0 Å². The first-order valence-electron chi connectivity index (χ1n) is 7.68. The molecule has 9 heteroatoms. The molecule has 0 aliphatic heterocycles. The number of nitrogens with one attached hydrogen (secondary N) is 1. The van der Waals surface area contributed by atoms with Gasteiger partial charge in [0, 0.05) is 18.7 Å². The van der Waals surface area contributed by atoms with Gasteiger partial charge in [-0.25, -0.2) is 4.79 Å². The average Bonchev–Trinajstić information content (AvgIpc) is 3.11. The van der Waals surface area contributed by atoms with Crippen LogP contribution in [0.4, 0.5) is 16.2 Å². The molecule has 2 amide bonds. The number of nitro groups is 1. The predicted molar refractivity (Wildman–Crippen MR) is 93.3 cm³/mol. The van der Waals surface area contributed by atoms with Crippen molar-refractivity contribution in [2.75, 3.05) is 12.4 Å². The largest absolute Gasteiger partial charge is 0.419 e. The minimum Gasteiger partial charge on any atom is -0.419 e. The molecule has 0 bridgehead atoms. The SMILES string of the molecule is CN(Cc1nnc(-c2ccccc2)o1)C(=O)Nc1ccccc1[N+](=O)[O-]. The minimum atomic E-state index is -0.556. The van der Waals surface area contributed by atoms with Crippen LogP contribution >= 0.6 is 0 Å². The summed E-state index contributed by atoms with van der Waals surface area (Å²) in [5, 5.41) is 21.4. The predicted octanol–water partition coefficient (Wildman–Crippen LogP) is 3.31. The monoisotopic (exact) mass is 353 g/mol. The van der Waals surface area contributed by atoms with E-state index in [4.69, 9.17) is 4.42 Å². The number of hydrogen-bond acceptors (Lipinski definition) is 6. The molecule has 132 valence electrons. The fraction of sp³-hybridized carbons (Fsp3) is 0.118. The van der Waals surface area contributed by atoms with Gasteiger partial charge in [-0.15, -0.1) is 10.2 Å². The number of carbonyl (C=O) groups excluding carboxylic acids is 1. The third-order valence-corrected chi connectivity index (χ3v) is 3.55. The Morgan fingerprint density at radius 2 is 1.85 bits per heavy atom. The first kappa shape index (κ1) is 17.1. The molecule has 1 aromatic heterocycles. The van der Waals surface area contributed by atoms with E-state index in [1.54, 1.807) is 6.07 Å². The van der Waals surface area contributed by atoms with Crippen molar-refractivity contribution in [3.05, 3.63) is 70.6 Å². The molecule has 2 aromatic carbocycles. The molecule has 0 aliphatic carbocycles. The van der Waals surface area contributed by atoms with Crippen molar-refractivity contribution in [1.82, 2.24) is 15.1 Å².